The Morgan fingerprint density at radius 1 is 1.71 bits per heavy atom. The van der Waals surface area contributed by atoms with E-state index >= 15 is 0 Å². The Morgan fingerprint density at radius 3 is 3.00 bits per heavy atom. The van der Waals surface area contributed by atoms with Crippen LogP contribution in [0.5, 0.6) is 0 Å². The Morgan fingerprint density at radius 2 is 2.43 bits per heavy atom. The molecule has 1 radical (unpaired) electrons. The minimum atomic E-state index is -0.608. The van der Waals surface area contributed by atoms with Gasteiger partial charge in [-0.1, -0.05) is 0 Å². The molecule has 0 atom stereocenters. The highest BCUT2D eigenvalue weighted by atomic mass is 16.6. The lowest BCUT2D eigenvalue weighted by Gasteiger charge is -2.00. The molecule has 0 amide bonds. The lowest BCUT2D eigenvalue weighted by molar-refractivity contribution is -0.385. The van der Waals surface area contributed by atoms with Crippen molar-refractivity contribution < 1.29 is 14.5 Å². The number of benzene rings is 1. The maximum Gasteiger partial charge on any atom is 0.338 e. The number of ether oxygens (including phenoxy) is 1. The Hall–Kier alpha value is -1.91. The van der Waals surface area contributed by atoms with E-state index in [4.69, 9.17) is 0 Å². The molecule has 0 saturated heterocycles. The summed E-state index contributed by atoms with van der Waals surface area (Å²) in [5.41, 5.74) is -0.0761. The summed E-state index contributed by atoms with van der Waals surface area (Å²) in [7, 11) is 0. The second-order valence-electron chi connectivity index (χ2n) is 2.44. The molecule has 0 aliphatic rings. The first-order chi connectivity index (χ1) is 6.65. The SMILES string of the molecule is CCOC(=O)c1cc[c]c([N+](=O)[O-])c1. The molecule has 5 heteroatoms. The summed E-state index contributed by atoms with van der Waals surface area (Å²) >= 11 is 0. The van der Waals surface area contributed by atoms with E-state index in [-0.39, 0.29) is 17.9 Å². The van der Waals surface area contributed by atoms with E-state index in [1.807, 2.05) is 0 Å². The van der Waals surface area contributed by atoms with E-state index in [0.717, 1.165) is 6.07 Å². The van der Waals surface area contributed by atoms with Crippen molar-refractivity contribution in [1.82, 2.24) is 0 Å². The fourth-order valence-corrected chi connectivity index (χ4v) is 0.901. The maximum absolute atomic E-state index is 11.2. The summed E-state index contributed by atoms with van der Waals surface area (Å²) in [6, 6.07) is 6.28. The smallest absolute Gasteiger partial charge is 0.338 e. The van der Waals surface area contributed by atoms with Gasteiger partial charge in [0.25, 0.3) is 5.69 Å². The molecule has 5 nitrogen and oxygen atoms in total. The number of non-ortho nitro benzene ring substituents is 1. The normalized spacial score (nSPS) is 9.50. The van der Waals surface area contributed by atoms with Crippen molar-refractivity contribution in [2.45, 2.75) is 6.92 Å². The Labute approximate surface area is 80.5 Å². The molecule has 1 aromatic rings. The molecular weight excluding hydrogens is 186 g/mol. The molecule has 0 bridgehead atoms. The topological polar surface area (TPSA) is 69.4 Å². The number of carbonyl (C=O) groups is 1. The van der Waals surface area contributed by atoms with E-state index in [0.29, 0.717) is 0 Å². The third-order valence-electron chi connectivity index (χ3n) is 1.49. The molecular formula is C9H8NO4. The summed E-state index contributed by atoms with van der Waals surface area (Å²) in [6.45, 7) is 1.91. The number of rotatable bonds is 3. The lowest BCUT2D eigenvalue weighted by atomic mass is 10.2. The Bertz CT molecular complexity index is 362. The van der Waals surface area contributed by atoms with Crippen LogP contribution in [0.25, 0.3) is 0 Å². The minimum Gasteiger partial charge on any atom is -0.462 e. The van der Waals surface area contributed by atoms with Crippen LogP contribution in [0.15, 0.2) is 18.2 Å². The van der Waals surface area contributed by atoms with E-state index in [1.165, 1.54) is 12.1 Å². The van der Waals surface area contributed by atoms with Gasteiger partial charge in [-0.25, -0.2) is 4.79 Å². The van der Waals surface area contributed by atoms with Gasteiger partial charge in [0.1, 0.15) is 0 Å². The zero-order valence-corrected chi connectivity index (χ0v) is 7.52. The average molecular weight is 194 g/mol. The van der Waals surface area contributed by atoms with Crippen LogP contribution < -0.4 is 0 Å². The summed E-state index contributed by atoms with van der Waals surface area (Å²) in [4.78, 5) is 20.9. The van der Waals surface area contributed by atoms with Gasteiger partial charge in [0, 0.05) is 6.07 Å². The third-order valence-corrected chi connectivity index (χ3v) is 1.49. The predicted molar refractivity (Wildman–Crippen MR) is 47.9 cm³/mol. The van der Waals surface area contributed by atoms with Gasteiger partial charge < -0.3 is 4.74 Å². The zero-order chi connectivity index (χ0) is 10.6. The fourth-order valence-electron chi connectivity index (χ4n) is 0.901. The van der Waals surface area contributed by atoms with Crippen LogP contribution in [0, 0.1) is 16.2 Å². The van der Waals surface area contributed by atoms with Crippen LogP contribution >= 0.6 is 0 Å². The van der Waals surface area contributed by atoms with Crippen LogP contribution in [0.3, 0.4) is 0 Å². The van der Waals surface area contributed by atoms with Gasteiger partial charge in [-0.05, 0) is 19.1 Å². The number of hydrogen-bond acceptors (Lipinski definition) is 4. The van der Waals surface area contributed by atoms with Crippen molar-refractivity contribution >= 4 is 11.7 Å². The Balaban J connectivity index is 2.93. The zero-order valence-electron chi connectivity index (χ0n) is 7.52. The molecule has 0 unspecified atom stereocenters. The van der Waals surface area contributed by atoms with Gasteiger partial charge >= 0.3 is 5.97 Å². The van der Waals surface area contributed by atoms with Gasteiger partial charge in [-0.2, -0.15) is 0 Å². The second kappa shape index (κ2) is 4.36. The molecule has 0 aliphatic carbocycles. The molecule has 0 N–H and O–H groups in total. The average Bonchev–Trinajstić information content (AvgIpc) is 2.18. The first kappa shape index (κ1) is 10.2. The number of nitrogens with zero attached hydrogens (tertiary/aromatic N) is 1. The molecule has 0 spiro atoms. The Kier molecular flexibility index (Phi) is 3.17. The molecule has 0 aliphatic heterocycles. The molecule has 1 aromatic carbocycles. The molecule has 0 heterocycles. The highest BCUT2D eigenvalue weighted by Crippen LogP contribution is 2.12. The second-order valence-corrected chi connectivity index (χ2v) is 2.44. The van der Waals surface area contributed by atoms with E-state index in [1.54, 1.807) is 6.92 Å². The summed E-state index contributed by atoms with van der Waals surface area (Å²) < 4.78 is 4.69. The van der Waals surface area contributed by atoms with Crippen molar-refractivity contribution in [2.24, 2.45) is 0 Å². The molecule has 0 saturated carbocycles. The van der Waals surface area contributed by atoms with Crippen molar-refractivity contribution in [1.29, 1.82) is 0 Å². The van der Waals surface area contributed by atoms with Crippen molar-refractivity contribution in [3.63, 3.8) is 0 Å². The first-order valence-corrected chi connectivity index (χ1v) is 3.98. The highest BCUT2D eigenvalue weighted by Gasteiger charge is 2.11. The van der Waals surface area contributed by atoms with Crippen molar-refractivity contribution in [3.05, 3.63) is 39.9 Å². The molecule has 0 aromatic heterocycles. The number of carbonyl (C=O) groups excluding carboxylic acids is 1. The van der Waals surface area contributed by atoms with Crippen molar-refractivity contribution in [3.8, 4) is 0 Å². The lowest BCUT2D eigenvalue weighted by Crippen LogP contribution is -2.04. The summed E-state index contributed by atoms with van der Waals surface area (Å²) in [6.07, 6.45) is 0. The van der Waals surface area contributed by atoms with Crippen LogP contribution in [-0.4, -0.2) is 17.5 Å². The quantitative estimate of drug-likeness (QED) is 0.416. The number of esters is 1. The van der Waals surface area contributed by atoms with Gasteiger partial charge in [0.15, 0.2) is 0 Å². The number of hydrogen-bond donors (Lipinski definition) is 0. The van der Waals surface area contributed by atoms with Gasteiger partial charge in [-0.15, -0.1) is 0 Å². The highest BCUT2D eigenvalue weighted by molar-refractivity contribution is 5.90. The van der Waals surface area contributed by atoms with Gasteiger partial charge in [0.2, 0.25) is 0 Å². The third kappa shape index (κ3) is 2.29. The summed E-state index contributed by atoms with van der Waals surface area (Å²) in [5, 5.41) is 10.4. The molecule has 1 rings (SSSR count). The molecule has 14 heavy (non-hydrogen) atoms. The predicted octanol–water partition coefficient (Wildman–Crippen LogP) is 1.57. The molecule has 0 fully saturated rings. The van der Waals surface area contributed by atoms with E-state index in [9.17, 15) is 14.9 Å². The number of nitro benzene ring substituents is 1. The molecule has 73 valence electrons. The largest absolute Gasteiger partial charge is 0.462 e. The van der Waals surface area contributed by atoms with Gasteiger partial charge in [0.05, 0.1) is 23.2 Å². The van der Waals surface area contributed by atoms with Crippen LogP contribution in [0.2, 0.25) is 0 Å². The van der Waals surface area contributed by atoms with E-state index < -0.39 is 10.9 Å². The maximum atomic E-state index is 11.2. The van der Waals surface area contributed by atoms with Crippen LogP contribution in [0.1, 0.15) is 17.3 Å². The fraction of sp³-hybridized carbons (Fsp3) is 0.222. The van der Waals surface area contributed by atoms with Crippen LogP contribution in [-0.2, 0) is 4.74 Å². The first-order valence-electron chi connectivity index (χ1n) is 3.98. The summed E-state index contributed by atoms with van der Waals surface area (Å²) in [5.74, 6) is -0.565. The number of nitro groups is 1. The van der Waals surface area contributed by atoms with Crippen molar-refractivity contribution in [2.75, 3.05) is 6.61 Å². The van der Waals surface area contributed by atoms with E-state index in [2.05, 4.69) is 10.8 Å². The van der Waals surface area contributed by atoms with Crippen LogP contribution in [0.4, 0.5) is 5.69 Å². The minimum absolute atomic E-state index is 0.164. The standard InChI is InChI=1S/C9H8NO4/c1-2-14-9(11)7-4-3-5-8(6-7)10(12)13/h3-4,6H,2H2,1H3. The van der Waals surface area contributed by atoms with Gasteiger partial charge in [-0.3, -0.25) is 10.1 Å². The monoisotopic (exact) mass is 194 g/mol.